The molecule has 4 aromatic rings. The highest BCUT2D eigenvalue weighted by atomic mass is 32.1. The van der Waals surface area contributed by atoms with Crippen molar-refractivity contribution in [1.82, 2.24) is 4.98 Å². The number of benzene rings is 2. The van der Waals surface area contributed by atoms with Gasteiger partial charge in [-0.1, -0.05) is 24.3 Å². The summed E-state index contributed by atoms with van der Waals surface area (Å²) in [6.07, 6.45) is 1.40. The Balaban J connectivity index is 1.57. The molecule has 0 saturated heterocycles. The van der Waals surface area contributed by atoms with Crippen LogP contribution in [0.3, 0.4) is 0 Å². The minimum absolute atomic E-state index is 0.0823. The number of hydrogen-bond acceptors (Lipinski definition) is 6. The first-order valence-electron chi connectivity index (χ1n) is 8.70. The molecule has 0 aliphatic rings. The molecule has 7 heteroatoms. The molecule has 2 heterocycles. The normalized spacial score (nSPS) is 11.2. The number of hydrogen-bond donors (Lipinski definition) is 1. The van der Waals surface area contributed by atoms with Gasteiger partial charge in [0.15, 0.2) is 10.8 Å². The molecular weight excluding hydrogens is 386 g/mol. The number of ether oxygens (including phenoxy) is 1. The molecule has 0 aliphatic heterocycles. The molecule has 0 radical (unpaired) electrons. The van der Waals surface area contributed by atoms with Gasteiger partial charge >= 0.3 is 0 Å². The number of carbonyl (C=O) groups is 1. The molecule has 29 heavy (non-hydrogen) atoms. The van der Waals surface area contributed by atoms with Gasteiger partial charge in [-0.3, -0.25) is 4.79 Å². The Morgan fingerprint density at radius 1 is 1.17 bits per heavy atom. The number of amides is 1. The second kappa shape index (κ2) is 8.00. The van der Waals surface area contributed by atoms with Gasteiger partial charge in [0, 0.05) is 6.08 Å². The third-order valence-electron chi connectivity index (χ3n) is 4.14. The average Bonchev–Trinajstić information content (AvgIpc) is 3.39. The van der Waals surface area contributed by atoms with Crippen molar-refractivity contribution < 1.29 is 13.9 Å². The quantitative estimate of drug-likeness (QED) is 0.371. The number of nitrogens with zero attached hydrogens (tertiary/aromatic N) is 2. The highest BCUT2D eigenvalue weighted by Crippen LogP contribution is 2.31. The molecular formula is C22H15N3O3S. The second-order valence-corrected chi connectivity index (χ2v) is 7.04. The molecule has 0 aliphatic carbocycles. The van der Waals surface area contributed by atoms with E-state index in [2.05, 4.69) is 10.3 Å². The van der Waals surface area contributed by atoms with Crippen LogP contribution in [0, 0.1) is 11.3 Å². The zero-order chi connectivity index (χ0) is 20.2. The SMILES string of the molecule is COc1ccccc1NC(=O)/C(C#N)=C/c1ccc(-c2nc3ccccc3s2)o1. The fraction of sp³-hybridized carbons (Fsp3) is 0.0455. The van der Waals surface area contributed by atoms with Crippen LogP contribution in [0.1, 0.15) is 5.76 Å². The summed E-state index contributed by atoms with van der Waals surface area (Å²) in [6.45, 7) is 0. The smallest absolute Gasteiger partial charge is 0.266 e. The molecule has 2 aromatic heterocycles. The number of furan rings is 1. The third-order valence-corrected chi connectivity index (χ3v) is 5.19. The predicted molar refractivity (Wildman–Crippen MR) is 113 cm³/mol. The van der Waals surface area contributed by atoms with Crippen LogP contribution in [0.15, 0.2) is 70.7 Å². The van der Waals surface area contributed by atoms with E-state index in [-0.39, 0.29) is 5.57 Å². The summed E-state index contributed by atoms with van der Waals surface area (Å²) in [4.78, 5) is 17.1. The van der Waals surface area contributed by atoms with E-state index in [1.165, 1.54) is 24.5 Å². The summed E-state index contributed by atoms with van der Waals surface area (Å²) in [5, 5.41) is 12.8. The van der Waals surface area contributed by atoms with Gasteiger partial charge in [-0.05, 0) is 36.4 Å². The molecule has 0 saturated carbocycles. The van der Waals surface area contributed by atoms with Crippen LogP contribution in [-0.2, 0) is 4.79 Å². The first-order valence-corrected chi connectivity index (χ1v) is 9.51. The van der Waals surface area contributed by atoms with Crippen LogP contribution in [0.5, 0.6) is 5.75 Å². The van der Waals surface area contributed by atoms with Crippen molar-refractivity contribution in [2.24, 2.45) is 0 Å². The van der Waals surface area contributed by atoms with Gasteiger partial charge < -0.3 is 14.5 Å². The Bertz CT molecular complexity index is 1230. The molecule has 0 bridgehead atoms. The molecule has 6 nitrogen and oxygen atoms in total. The Morgan fingerprint density at radius 3 is 2.76 bits per heavy atom. The highest BCUT2D eigenvalue weighted by molar-refractivity contribution is 7.21. The molecule has 0 fully saturated rings. The summed E-state index contributed by atoms with van der Waals surface area (Å²) in [5.41, 5.74) is 1.30. The zero-order valence-corrected chi connectivity index (χ0v) is 16.2. The van der Waals surface area contributed by atoms with E-state index >= 15 is 0 Å². The average molecular weight is 401 g/mol. The van der Waals surface area contributed by atoms with Crippen molar-refractivity contribution in [2.45, 2.75) is 0 Å². The van der Waals surface area contributed by atoms with Gasteiger partial charge in [0.2, 0.25) is 0 Å². The lowest BCUT2D eigenvalue weighted by atomic mass is 10.2. The van der Waals surface area contributed by atoms with Gasteiger partial charge in [0.25, 0.3) is 5.91 Å². The summed E-state index contributed by atoms with van der Waals surface area (Å²) in [6, 6.07) is 20.2. The number of fused-ring (bicyclic) bond motifs is 1. The van der Waals surface area contributed by atoms with Gasteiger partial charge in [0.1, 0.15) is 23.2 Å². The van der Waals surface area contributed by atoms with Crippen LogP contribution in [0.2, 0.25) is 0 Å². The number of anilines is 1. The summed E-state index contributed by atoms with van der Waals surface area (Å²) >= 11 is 1.52. The number of carbonyl (C=O) groups excluding carboxylic acids is 1. The lowest BCUT2D eigenvalue weighted by Gasteiger charge is -2.08. The maximum absolute atomic E-state index is 12.5. The van der Waals surface area contributed by atoms with E-state index in [9.17, 15) is 10.1 Å². The van der Waals surface area contributed by atoms with Gasteiger partial charge in [-0.15, -0.1) is 11.3 Å². The Kier molecular flexibility index (Phi) is 5.10. The molecule has 4 rings (SSSR count). The Hall–Kier alpha value is -3.89. The predicted octanol–water partition coefficient (Wildman–Crippen LogP) is 5.11. The van der Waals surface area contributed by atoms with Crippen molar-refractivity contribution in [3.63, 3.8) is 0 Å². The van der Waals surface area contributed by atoms with Crippen LogP contribution in [0.25, 0.3) is 27.1 Å². The van der Waals surface area contributed by atoms with Crippen molar-refractivity contribution in [1.29, 1.82) is 5.26 Å². The number of rotatable bonds is 5. The highest BCUT2D eigenvalue weighted by Gasteiger charge is 2.14. The van der Waals surface area contributed by atoms with Crippen LogP contribution in [0.4, 0.5) is 5.69 Å². The molecule has 2 aromatic carbocycles. The van der Waals surface area contributed by atoms with E-state index < -0.39 is 5.91 Å². The van der Waals surface area contributed by atoms with Crippen LogP contribution in [-0.4, -0.2) is 18.0 Å². The summed E-state index contributed by atoms with van der Waals surface area (Å²) in [7, 11) is 1.51. The summed E-state index contributed by atoms with van der Waals surface area (Å²) in [5.74, 6) is 0.940. The molecule has 0 spiro atoms. The molecule has 1 N–H and O–H groups in total. The number of nitriles is 1. The monoisotopic (exact) mass is 401 g/mol. The summed E-state index contributed by atoms with van der Waals surface area (Å²) < 4.78 is 12.1. The maximum Gasteiger partial charge on any atom is 0.266 e. The Labute approximate surface area is 170 Å². The second-order valence-electron chi connectivity index (χ2n) is 6.01. The first-order chi connectivity index (χ1) is 14.2. The van der Waals surface area contributed by atoms with Gasteiger partial charge in [-0.25, -0.2) is 4.98 Å². The van der Waals surface area contributed by atoms with E-state index in [4.69, 9.17) is 9.15 Å². The van der Waals surface area contributed by atoms with E-state index in [1.54, 1.807) is 36.4 Å². The minimum atomic E-state index is -0.546. The number of thiazole rings is 1. The van der Waals surface area contributed by atoms with Crippen molar-refractivity contribution in [3.8, 4) is 22.6 Å². The molecule has 0 atom stereocenters. The number of para-hydroxylation sites is 3. The van der Waals surface area contributed by atoms with Crippen LogP contribution >= 0.6 is 11.3 Å². The third kappa shape index (κ3) is 3.88. The van der Waals surface area contributed by atoms with E-state index in [1.807, 2.05) is 30.3 Å². The molecule has 0 unspecified atom stereocenters. The number of aromatic nitrogens is 1. The largest absolute Gasteiger partial charge is 0.495 e. The number of nitrogens with one attached hydrogen (secondary N) is 1. The first kappa shape index (κ1) is 18.5. The fourth-order valence-electron chi connectivity index (χ4n) is 2.75. The fourth-order valence-corrected chi connectivity index (χ4v) is 3.68. The van der Waals surface area contributed by atoms with E-state index in [0.717, 1.165) is 15.2 Å². The topological polar surface area (TPSA) is 88.1 Å². The number of methoxy groups -OCH3 is 1. The van der Waals surface area contributed by atoms with Crippen molar-refractivity contribution >= 4 is 39.2 Å². The van der Waals surface area contributed by atoms with Crippen molar-refractivity contribution in [2.75, 3.05) is 12.4 Å². The Morgan fingerprint density at radius 2 is 1.97 bits per heavy atom. The van der Waals surface area contributed by atoms with Gasteiger partial charge in [-0.2, -0.15) is 5.26 Å². The minimum Gasteiger partial charge on any atom is -0.495 e. The zero-order valence-electron chi connectivity index (χ0n) is 15.4. The van der Waals surface area contributed by atoms with Crippen LogP contribution < -0.4 is 10.1 Å². The molecule has 1 amide bonds. The van der Waals surface area contributed by atoms with Crippen molar-refractivity contribution in [3.05, 3.63) is 72.0 Å². The lowest BCUT2D eigenvalue weighted by Crippen LogP contribution is -2.14. The van der Waals surface area contributed by atoms with Gasteiger partial charge in [0.05, 0.1) is 23.0 Å². The standard InChI is InChI=1S/C22H15N3O3S/c1-27-18-8-4-2-6-16(18)24-21(26)14(13-23)12-15-10-11-19(28-15)22-25-17-7-3-5-9-20(17)29-22/h2-12H,1H3,(H,24,26)/b14-12+. The molecule has 142 valence electrons. The lowest BCUT2D eigenvalue weighted by molar-refractivity contribution is -0.112. The maximum atomic E-state index is 12.5. The van der Waals surface area contributed by atoms with E-state index in [0.29, 0.717) is 23.0 Å².